The van der Waals surface area contributed by atoms with E-state index in [1.807, 2.05) is 0 Å². The van der Waals surface area contributed by atoms with Crippen LogP contribution in [0.5, 0.6) is 0 Å². The first-order valence-electron chi connectivity index (χ1n) is 1.06. The molecule has 0 N–H and O–H groups in total. The molecule has 0 aromatic heterocycles. The van der Waals surface area contributed by atoms with Gasteiger partial charge in [0.25, 0.3) is 0 Å². The average molecular weight is 120 g/mol. The predicted octanol–water partition coefficient (Wildman–Crippen LogP) is 2.13. The highest BCUT2D eigenvalue weighted by atomic mass is 31.1. The summed E-state index contributed by atoms with van der Waals surface area (Å²) < 4.78 is 3.39. The first-order valence-corrected chi connectivity index (χ1v) is 2.37. The number of rotatable bonds is 1. The standard InChI is InChI=1S/H2N4P2/c1-2-3-6-4-5/h5H2. The molecule has 0 saturated carbocycles. The van der Waals surface area contributed by atoms with Crippen molar-refractivity contribution in [2.45, 2.75) is 0 Å². The minimum absolute atomic E-state index is 0.408. The normalized spacial score (nSPS) is 8.17. The van der Waals surface area contributed by atoms with E-state index < -0.39 is 0 Å². The summed E-state index contributed by atoms with van der Waals surface area (Å²) >= 11 is 0. The molecule has 1 unspecified atom stereocenters. The first-order chi connectivity index (χ1) is 2.91. The molecular formula is H2N4P2. The van der Waals surface area contributed by atoms with Crippen LogP contribution in [0.1, 0.15) is 0 Å². The Kier molecular flexibility index (Phi) is 4.71. The van der Waals surface area contributed by atoms with Crippen molar-refractivity contribution in [2.24, 2.45) is 9.40 Å². The molecule has 0 spiro atoms. The van der Waals surface area contributed by atoms with E-state index in [4.69, 9.17) is 5.53 Å². The highest BCUT2D eigenvalue weighted by molar-refractivity contribution is 7.33. The highest BCUT2D eigenvalue weighted by Gasteiger charge is 1.50. The maximum atomic E-state index is 7.58. The van der Waals surface area contributed by atoms with Crippen LogP contribution in [0.25, 0.3) is 10.4 Å². The number of nitrogens with zero attached hydrogens (tertiary/aromatic N) is 4. The van der Waals surface area contributed by atoms with Crippen LogP contribution < -0.4 is 0 Å². The number of hydrogen-bond donors (Lipinski definition) is 0. The van der Waals surface area contributed by atoms with E-state index in [0.29, 0.717) is 8.52 Å². The average Bonchev–Trinajstić information content (AvgIpc) is 1.61. The zero-order chi connectivity index (χ0) is 4.83. The topological polar surface area (TPSA) is 61.1 Å². The van der Waals surface area contributed by atoms with Crippen molar-refractivity contribution >= 4 is 17.9 Å². The smallest absolute Gasteiger partial charge is 0.106 e. The van der Waals surface area contributed by atoms with E-state index in [1.165, 1.54) is 0 Å². The molecular weight excluding hydrogens is 118 g/mol. The molecule has 0 fully saturated rings. The van der Waals surface area contributed by atoms with Gasteiger partial charge in [-0.25, -0.2) is 4.52 Å². The van der Waals surface area contributed by atoms with Crippen LogP contribution in [0.4, 0.5) is 0 Å². The summed E-state index contributed by atoms with van der Waals surface area (Å²) in [6.45, 7) is 0. The minimum Gasteiger partial charge on any atom is -0.245 e. The van der Waals surface area contributed by atoms with Gasteiger partial charge >= 0.3 is 0 Å². The zero-order valence-corrected chi connectivity index (χ0v) is 4.86. The summed E-state index contributed by atoms with van der Waals surface area (Å²) in [5.74, 6) is 0. The molecule has 0 rings (SSSR count). The van der Waals surface area contributed by atoms with Crippen LogP contribution in [0.2, 0.25) is 0 Å². The van der Waals surface area contributed by atoms with Crippen molar-refractivity contribution in [1.29, 1.82) is 0 Å². The van der Waals surface area contributed by atoms with Crippen LogP contribution in [0.3, 0.4) is 0 Å². The summed E-state index contributed by atoms with van der Waals surface area (Å²) in [5, 5.41) is 0. The fraction of sp³-hybridized carbons (Fsp3) is 0. The summed E-state index contributed by atoms with van der Waals surface area (Å²) in [5.41, 5.74) is 7.58. The molecule has 0 aliphatic heterocycles. The number of azide groups is 1. The van der Waals surface area contributed by atoms with Crippen LogP contribution >= 0.6 is 17.9 Å². The second kappa shape index (κ2) is 4.84. The lowest BCUT2D eigenvalue weighted by molar-refractivity contribution is 1.78. The van der Waals surface area contributed by atoms with Crippen LogP contribution in [0, 0.1) is 0 Å². The molecule has 1 atom stereocenters. The first kappa shape index (κ1) is 5.84. The third-order valence-electron chi connectivity index (χ3n) is 0.132. The van der Waals surface area contributed by atoms with Gasteiger partial charge in [-0.15, -0.1) is 0 Å². The SMILES string of the molecule is [N-]=[N+]=NP=NP. The molecule has 32 valence electrons. The summed E-state index contributed by atoms with van der Waals surface area (Å²) in [7, 11) is 2.48. The lowest BCUT2D eigenvalue weighted by Gasteiger charge is -1.55. The number of hydrogen-bond acceptors (Lipinski definition) is 1. The van der Waals surface area contributed by atoms with E-state index in [-0.39, 0.29) is 0 Å². The van der Waals surface area contributed by atoms with E-state index in [9.17, 15) is 0 Å². The quantitative estimate of drug-likeness (QED) is 0.220. The fourth-order valence-corrected chi connectivity index (χ4v) is 0.262. The second-order valence-electron chi connectivity index (χ2n) is 0.384. The van der Waals surface area contributed by atoms with Gasteiger partial charge in [0.05, 0.1) is 0 Å². The van der Waals surface area contributed by atoms with Crippen molar-refractivity contribution in [1.82, 2.24) is 0 Å². The van der Waals surface area contributed by atoms with E-state index in [0.717, 1.165) is 0 Å². The van der Waals surface area contributed by atoms with Gasteiger partial charge in [0.1, 0.15) is 8.52 Å². The molecule has 0 heterocycles. The van der Waals surface area contributed by atoms with Gasteiger partial charge in [-0.05, 0) is 19.8 Å². The second-order valence-corrected chi connectivity index (χ2v) is 1.67. The molecule has 4 nitrogen and oxygen atoms in total. The van der Waals surface area contributed by atoms with Gasteiger partial charge in [-0.3, -0.25) is 0 Å². The van der Waals surface area contributed by atoms with Crippen LogP contribution in [-0.4, -0.2) is 0 Å². The molecule has 0 aromatic rings. The van der Waals surface area contributed by atoms with E-state index in [2.05, 4.69) is 23.7 Å². The van der Waals surface area contributed by atoms with Crippen molar-refractivity contribution in [3.05, 3.63) is 10.4 Å². The van der Waals surface area contributed by atoms with E-state index >= 15 is 0 Å². The lowest BCUT2D eigenvalue weighted by atomic mass is 13.0. The molecule has 0 aliphatic rings. The van der Waals surface area contributed by atoms with Gasteiger partial charge in [-0.2, -0.15) is 0 Å². The van der Waals surface area contributed by atoms with Gasteiger partial charge in [-0.1, -0.05) is 0 Å². The van der Waals surface area contributed by atoms with Crippen molar-refractivity contribution in [3.8, 4) is 0 Å². The maximum absolute atomic E-state index is 7.58. The predicted molar refractivity (Wildman–Crippen MR) is 28.2 cm³/mol. The third-order valence-corrected chi connectivity index (χ3v) is 0.705. The molecule has 0 radical (unpaired) electrons. The largest absolute Gasteiger partial charge is 0.245 e. The molecule has 0 aliphatic carbocycles. The monoisotopic (exact) mass is 120 g/mol. The summed E-state index contributed by atoms with van der Waals surface area (Å²) in [6, 6.07) is 0. The van der Waals surface area contributed by atoms with E-state index in [1.54, 1.807) is 0 Å². The highest BCUT2D eigenvalue weighted by Crippen LogP contribution is 2.03. The van der Waals surface area contributed by atoms with Gasteiger partial charge in [0.2, 0.25) is 0 Å². The Balaban J connectivity index is 3.33. The Morgan fingerprint density at radius 2 is 2.50 bits per heavy atom. The molecule has 0 amide bonds. The molecule has 6 heavy (non-hydrogen) atoms. The zero-order valence-electron chi connectivity index (χ0n) is 2.81. The van der Waals surface area contributed by atoms with Crippen molar-refractivity contribution in [2.75, 3.05) is 0 Å². The molecule has 0 saturated heterocycles. The van der Waals surface area contributed by atoms with Gasteiger partial charge in [0.15, 0.2) is 0 Å². The summed E-state index contributed by atoms with van der Waals surface area (Å²) in [6.07, 6.45) is 0. The van der Waals surface area contributed by atoms with Gasteiger partial charge in [0, 0.05) is 4.91 Å². The minimum atomic E-state index is 0.408. The fourth-order valence-electron chi connectivity index (χ4n) is 0.0410. The van der Waals surface area contributed by atoms with Crippen LogP contribution in [-0.2, 0) is 0 Å². The summed E-state index contributed by atoms with van der Waals surface area (Å²) in [4.78, 5) is 5.49. The Bertz CT molecular complexity index is 87.7. The Labute approximate surface area is 38.8 Å². The maximum Gasteiger partial charge on any atom is 0.106 e. The third kappa shape index (κ3) is 3.84. The lowest BCUT2D eigenvalue weighted by Crippen LogP contribution is -1.09. The molecule has 0 aromatic carbocycles. The van der Waals surface area contributed by atoms with Crippen molar-refractivity contribution in [3.63, 3.8) is 0 Å². The molecule has 0 bridgehead atoms. The Morgan fingerprint density at radius 3 is 2.67 bits per heavy atom. The molecule has 6 heteroatoms. The Morgan fingerprint density at radius 1 is 1.83 bits per heavy atom. The van der Waals surface area contributed by atoms with Gasteiger partial charge < -0.3 is 0 Å². The van der Waals surface area contributed by atoms with Crippen molar-refractivity contribution < 1.29 is 0 Å². The Hall–Kier alpha value is -0.160. The van der Waals surface area contributed by atoms with Crippen LogP contribution in [0.15, 0.2) is 9.40 Å².